The number of hydrogen-bond donors (Lipinski definition) is 2. The Balaban J connectivity index is 2.15. The van der Waals surface area contributed by atoms with E-state index in [0.29, 0.717) is 11.5 Å². The molecule has 76 valence electrons. The molecule has 2 aromatic rings. The Morgan fingerprint density at radius 1 is 1.47 bits per heavy atom. The van der Waals surface area contributed by atoms with Crippen LogP contribution in [0, 0.1) is 0 Å². The lowest BCUT2D eigenvalue weighted by molar-refractivity contribution is 0.102. The van der Waals surface area contributed by atoms with Gasteiger partial charge in [0.15, 0.2) is 0 Å². The molecule has 0 radical (unpaired) electrons. The van der Waals surface area contributed by atoms with Gasteiger partial charge in [-0.05, 0) is 22.0 Å². The fraction of sp³-hybridized carbons (Fsp3) is 0. The molecule has 6 nitrogen and oxygen atoms in total. The SMILES string of the molecule is O=C(Nc1ncn[nH]1)c1cncc(Br)c1. The molecule has 0 aliphatic heterocycles. The molecule has 2 heterocycles. The lowest BCUT2D eigenvalue weighted by Gasteiger charge is -2.00. The Morgan fingerprint density at radius 3 is 3.00 bits per heavy atom. The normalized spacial score (nSPS) is 9.93. The van der Waals surface area contributed by atoms with Crippen molar-refractivity contribution in [3.63, 3.8) is 0 Å². The van der Waals surface area contributed by atoms with Gasteiger partial charge in [0.1, 0.15) is 6.33 Å². The van der Waals surface area contributed by atoms with E-state index in [4.69, 9.17) is 0 Å². The Hall–Kier alpha value is -1.76. The summed E-state index contributed by atoms with van der Waals surface area (Å²) in [5.41, 5.74) is 0.445. The van der Waals surface area contributed by atoms with Crippen molar-refractivity contribution in [2.45, 2.75) is 0 Å². The van der Waals surface area contributed by atoms with E-state index in [0.717, 1.165) is 4.47 Å². The molecule has 0 fully saturated rings. The molecule has 7 heteroatoms. The molecule has 2 rings (SSSR count). The second kappa shape index (κ2) is 4.18. The van der Waals surface area contributed by atoms with Crippen molar-refractivity contribution in [3.8, 4) is 0 Å². The van der Waals surface area contributed by atoms with Crippen molar-refractivity contribution in [1.29, 1.82) is 0 Å². The maximum Gasteiger partial charge on any atom is 0.259 e. The van der Waals surface area contributed by atoms with Crippen LogP contribution in [-0.4, -0.2) is 26.1 Å². The van der Waals surface area contributed by atoms with Crippen molar-refractivity contribution >= 4 is 27.8 Å². The number of nitrogens with one attached hydrogen (secondary N) is 2. The summed E-state index contributed by atoms with van der Waals surface area (Å²) in [6.45, 7) is 0. The van der Waals surface area contributed by atoms with Gasteiger partial charge in [0, 0.05) is 16.9 Å². The second-order valence-corrected chi connectivity index (χ2v) is 3.60. The number of amides is 1. The fourth-order valence-electron chi connectivity index (χ4n) is 0.981. The number of pyridine rings is 1. The van der Waals surface area contributed by atoms with Crippen LogP contribution in [0.5, 0.6) is 0 Å². The van der Waals surface area contributed by atoms with E-state index in [1.54, 1.807) is 12.3 Å². The van der Waals surface area contributed by atoms with Crippen LogP contribution in [0.2, 0.25) is 0 Å². The highest BCUT2D eigenvalue weighted by Gasteiger charge is 2.07. The number of H-pyrrole nitrogens is 1. The summed E-state index contributed by atoms with van der Waals surface area (Å²) < 4.78 is 0.743. The molecule has 15 heavy (non-hydrogen) atoms. The first-order valence-electron chi connectivity index (χ1n) is 4.03. The minimum atomic E-state index is -0.291. The predicted molar refractivity (Wildman–Crippen MR) is 56.3 cm³/mol. The quantitative estimate of drug-likeness (QED) is 0.857. The van der Waals surface area contributed by atoms with E-state index in [9.17, 15) is 4.79 Å². The minimum absolute atomic E-state index is 0.291. The second-order valence-electron chi connectivity index (χ2n) is 2.68. The molecule has 0 saturated heterocycles. The summed E-state index contributed by atoms with van der Waals surface area (Å²) in [7, 11) is 0. The van der Waals surface area contributed by atoms with Crippen LogP contribution in [0.4, 0.5) is 5.95 Å². The van der Waals surface area contributed by atoms with Gasteiger partial charge in [0.2, 0.25) is 5.95 Å². The zero-order valence-corrected chi connectivity index (χ0v) is 9.02. The molecule has 2 N–H and O–H groups in total. The third-order valence-electron chi connectivity index (χ3n) is 1.61. The van der Waals surface area contributed by atoms with Crippen LogP contribution in [0.3, 0.4) is 0 Å². The van der Waals surface area contributed by atoms with Gasteiger partial charge in [-0.15, -0.1) is 0 Å². The number of halogens is 1. The Bertz CT molecular complexity index is 470. The van der Waals surface area contributed by atoms with E-state index in [1.165, 1.54) is 12.5 Å². The Labute approximate surface area is 93.3 Å². The smallest absolute Gasteiger partial charge is 0.259 e. The summed E-state index contributed by atoms with van der Waals surface area (Å²) in [5, 5.41) is 8.67. The summed E-state index contributed by atoms with van der Waals surface area (Å²) in [4.78, 5) is 19.3. The number of rotatable bonds is 2. The first-order valence-corrected chi connectivity index (χ1v) is 4.82. The van der Waals surface area contributed by atoms with Crippen molar-refractivity contribution in [2.75, 3.05) is 5.32 Å². The molecule has 0 atom stereocenters. The third-order valence-corrected chi connectivity index (χ3v) is 2.05. The third kappa shape index (κ3) is 2.38. The average molecular weight is 268 g/mol. The molecule has 2 aromatic heterocycles. The molecular formula is C8H6BrN5O. The van der Waals surface area contributed by atoms with Gasteiger partial charge < -0.3 is 0 Å². The molecule has 1 amide bonds. The number of aromatic amines is 1. The zero-order chi connectivity index (χ0) is 10.7. The first kappa shape index (κ1) is 9.78. The lowest BCUT2D eigenvalue weighted by Crippen LogP contribution is -2.13. The van der Waals surface area contributed by atoms with Crippen LogP contribution in [0.25, 0.3) is 0 Å². The lowest BCUT2D eigenvalue weighted by atomic mass is 10.3. The summed E-state index contributed by atoms with van der Waals surface area (Å²) >= 11 is 3.23. The van der Waals surface area contributed by atoms with Gasteiger partial charge in [-0.25, -0.2) is 5.10 Å². The summed E-state index contributed by atoms with van der Waals surface area (Å²) in [6, 6.07) is 1.67. The molecule has 0 bridgehead atoms. The number of hydrogen-bond acceptors (Lipinski definition) is 4. The van der Waals surface area contributed by atoms with Crippen molar-refractivity contribution in [1.82, 2.24) is 20.2 Å². The fourth-order valence-corrected chi connectivity index (χ4v) is 1.35. The van der Waals surface area contributed by atoms with Crippen LogP contribution in [-0.2, 0) is 0 Å². The standard InChI is InChI=1S/C8H6BrN5O/c9-6-1-5(2-10-3-6)7(15)13-8-11-4-12-14-8/h1-4H,(H2,11,12,13,14,15). The predicted octanol–water partition coefficient (Wildman–Crippen LogP) is 1.21. The highest BCUT2D eigenvalue weighted by molar-refractivity contribution is 9.10. The molecule has 0 aliphatic rings. The molecule has 0 saturated carbocycles. The zero-order valence-electron chi connectivity index (χ0n) is 7.44. The number of carbonyl (C=O) groups is 1. The number of carbonyl (C=O) groups excluding carboxylic acids is 1. The van der Waals surface area contributed by atoms with Gasteiger partial charge in [0.25, 0.3) is 5.91 Å². The molecule has 0 aromatic carbocycles. The average Bonchev–Trinajstić information content (AvgIpc) is 2.70. The van der Waals surface area contributed by atoms with Crippen LogP contribution in [0.1, 0.15) is 10.4 Å². The van der Waals surface area contributed by atoms with Crippen molar-refractivity contribution in [2.24, 2.45) is 0 Å². The van der Waals surface area contributed by atoms with E-state index in [1.807, 2.05) is 0 Å². The highest BCUT2D eigenvalue weighted by Crippen LogP contribution is 2.10. The molecular weight excluding hydrogens is 262 g/mol. The van der Waals surface area contributed by atoms with Gasteiger partial charge in [-0.1, -0.05) is 0 Å². The highest BCUT2D eigenvalue weighted by atomic mass is 79.9. The molecule has 0 aliphatic carbocycles. The molecule has 0 spiro atoms. The van der Waals surface area contributed by atoms with Gasteiger partial charge in [-0.2, -0.15) is 10.1 Å². The van der Waals surface area contributed by atoms with Crippen LogP contribution < -0.4 is 5.32 Å². The summed E-state index contributed by atoms with van der Waals surface area (Å²) in [6.07, 6.45) is 4.39. The minimum Gasteiger partial charge on any atom is -0.291 e. The van der Waals surface area contributed by atoms with Gasteiger partial charge >= 0.3 is 0 Å². The van der Waals surface area contributed by atoms with Crippen LogP contribution in [0.15, 0.2) is 29.3 Å². The first-order chi connectivity index (χ1) is 7.25. The number of aromatic nitrogens is 4. The Kier molecular flexibility index (Phi) is 2.72. The number of anilines is 1. The van der Waals surface area contributed by atoms with Gasteiger partial charge in [0.05, 0.1) is 5.56 Å². The number of nitrogens with zero attached hydrogens (tertiary/aromatic N) is 3. The Morgan fingerprint density at radius 2 is 2.33 bits per heavy atom. The topological polar surface area (TPSA) is 83.6 Å². The monoisotopic (exact) mass is 267 g/mol. The largest absolute Gasteiger partial charge is 0.291 e. The van der Waals surface area contributed by atoms with E-state index in [2.05, 4.69) is 41.4 Å². The van der Waals surface area contributed by atoms with Gasteiger partial charge in [-0.3, -0.25) is 15.1 Å². The van der Waals surface area contributed by atoms with E-state index in [-0.39, 0.29) is 5.91 Å². The van der Waals surface area contributed by atoms with Crippen molar-refractivity contribution in [3.05, 3.63) is 34.8 Å². The van der Waals surface area contributed by atoms with Crippen LogP contribution >= 0.6 is 15.9 Å². The van der Waals surface area contributed by atoms with Crippen molar-refractivity contribution < 1.29 is 4.79 Å². The maximum absolute atomic E-state index is 11.6. The van der Waals surface area contributed by atoms with E-state index < -0.39 is 0 Å². The maximum atomic E-state index is 11.6. The summed E-state index contributed by atoms with van der Waals surface area (Å²) in [5.74, 6) is 0.0144. The van der Waals surface area contributed by atoms with E-state index >= 15 is 0 Å². The molecule has 0 unspecified atom stereocenters.